The third-order valence-electron chi connectivity index (χ3n) is 3.53. The van der Waals surface area contributed by atoms with E-state index in [4.69, 9.17) is 9.26 Å². The van der Waals surface area contributed by atoms with Gasteiger partial charge in [-0.05, 0) is 40.2 Å². The fourth-order valence-corrected chi connectivity index (χ4v) is 2.41. The van der Waals surface area contributed by atoms with Gasteiger partial charge in [-0.15, -0.1) is 0 Å². The number of H-pyrrole nitrogens is 1. The predicted octanol–water partition coefficient (Wildman–Crippen LogP) is 2.31. The average Bonchev–Trinajstić information content (AvgIpc) is 3.01. The maximum Gasteiger partial charge on any atom is 0.355 e. The van der Waals surface area contributed by atoms with Gasteiger partial charge in [-0.3, -0.25) is 9.59 Å². The second kappa shape index (κ2) is 6.69. The van der Waals surface area contributed by atoms with E-state index in [1.165, 1.54) is 13.8 Å². The monoisotopic (exact) mass is 333 g/mol. The summed E-state index contributed by atoms with van der Waals surface area (Å²) in [6.45, 7) is 7.91. The fourth-order valence-electron chi connectivity index (χ4n) is 2.41. The first-order valence-electron chi connectivity index (χ1n) is 7.36. The molecule has 0 fully saturated rings. The number of nitrogens with one attached hydrogen (secondary N) is 2. The van der Waals surface area contributed by atoms with Gasteiger partial charge in [-0.1, -0.05) is 5.16 Å². The lowest BCUT2D eigenvalue weighted by atomic mass is 10.1. The second-order valence-corrected chi connectivity index (χ2v) is 5.54. The summed E-state index contributed by atoms with van der Waals surface area (Å²) >= 11 is 0. The highest BCUT2D eigenvalue weighted by molar-refractivity contribution is 6.02. The van der Waals surface area contributed by atoms with E-state index in [0.717, 1.165) is 0 Å². The van der Waals surface area contributed by atoms with Crippen molar-refractivity contribution in [3.05, 3.63) is 34.3 Å². The molecule has 2 aromatic rings. The molecule has 1 amide bonds. The molecule has 2 N–H and O–H groups in total. The van der Waals surface area contributed by atoms with Crippen molar-refractivity contribution in [2.24, 2.45) is 0 Å². The number of rotatable bonds is 5. The number of Topliss-reactive ketones (excluding diaryl/α,β-unsaturated/α-hetero) is 1. The Balaban J connectivity index is 2.07. The summed E-state index contributed by atoms with van der Waals surface area (Å²) in [6, 6.07) is 1.55. The SMILES string of the molecule is CC(=O)c1c(C)[nH]c(C(=O)OC(C)C(=O)Nc2cc(C)on2)c1C. The van der Waals surface area contributed by atoms with Crippen LogP contribution in [-0.2, 0) is 9.53 Å². The van der Waals surface area contributed by atoms with Gasteiger partial charge in [-0.2, -0.15) is 0 Å². The van der Waals surface area contributed by atoms with E-state index >= 15 is 0 Å². The van der Waals surface area contributed by atoms with Gasteiger partial charge < -0.3 is 19.6 Å². The molecule has 2 aromatic heterocycles. The molecule has 2 heterocycles. The molecule has 8 nitrogen and oxygen atoms in total. The number of aromatic amines is 1. The summed E-state index contributed by atoms with van der Waals surface area (Å²) in [5, 5.41) is 6.12. The van der Waals surface area contributed by atoms with Crippen molar-refractivity contribution in [2.75, 3.05) is 5.32 Å². The molecular formula is C16H19N3O5. The van der Waals surface area contributed by atoms with Gasteiger partial charge in [-0.25, -0.2) is 4.79 Å². The zero-order valence-corrected chi connectivity index (χ0v) is 14.1. The Morgan fingerprint density at radius 3 is 2.46 bits per heavy atom. The Kier molecular flexibility index (Phi) is 4.87. The third kappa shape index (κ3) is 3.53. The Morgan fingerprint density at radius 1 is 1.29 bits per heavy atom. The first kappa shape index (κ1) is 17.5. The van der Waals surface area contributed by atoms with E-state index in [1.54, 1.807) is 26.8 Å². The Hall–Kier alpha value is -2.90. The number of esters is 1. The smallest absolute Gasteiger partial charge is 0.355 e. The number of anilines is 1. The van der Waals surface area contributed by atoms with Crippen LogP contribution in [0.3, 0.4) is 0 Å². The van der Waals surface area contributed by atoms with Gasteiger partial charge >= 0.3 is 5.97 Å². The molecule has 0 aliphatic heterocycles. The highest BCUT2D eigenvalue weighted by Crippen LogP contribution is 2.19. The summed E-state index contributed by atoms with van der Waals surface area (Å²) < 4.78 is 9.99. The van der Waals surface area contributed by atoms with E-state index in [2.05, 4.69) is 15.5 Å². The predicted molar refractivity (Wildman–Crippen MR) is 85.0 cm³/mol. The number of ketones is 1. The molecule has 0 aliphatic rings. The third-order valence-corrected chi connectivity index (χ3v) is 3.53. The van der Waals surface area contributed by atoms with Crippen molar-refractivity contribution in [1.29, 1.82) is 0 Å². The standard InChI is InChI=1S/C16H19N3O5/c1-7-6-12(19-24-7)18-15(21)11(5)23-16(22)14-8(2)13(10(4)20)9(3)17-14/h6,11,17H,1-5H3,(H,18,19,21). The van der Waals surface area contributed by atoms with E-state index in [1.807, 2.05) is 0 Å². The van der Waals surface area contributed by atoms with Crippen molar-refractivity contribution < 1.29 is 23.6 Å². The van der Waals surface area contributed by atoms with Crippen LogP contribution in [-0.4, -0.2) is 33.9 Å². The fraction of sp³-hybridized carbons (Fsp3) is 0.375. The van der Waals surface area contributed by atoms with Gasteiger partial charge in [0.25, 0.3) is 5.91 Å². The summed E-state index contributed by atoms with van der Waals surface area (Å²) in [5.74, 6) is -0.602. The number of aromatic nitrogens is 2. The minimum absolute atomic E-state index is 0.146. The van der Waals surface area contributed by atoms with E-state index < -0.39 is 18.0 Å². The van der Waals surface area contributed by atoms with Crippen molar-refractivity contribution in [1.82, 2.24) is 10.1 Å². The first-order valence-corrected chi connectivity index (χ1v) is 7.36. The normalized spacial score (nSPS) is 11.9. The lowest BCUT2D eigenvalue weighted by molar-refractivity contribution is -0.123. The number of hydrogen-bond acceptors (Lipinski definition) is 6. The van der Waals surface area contributed by atoms with Crippen LogP contribution in [0.15, 0.2) is 10.6 Å². The zero-order valence-electron chi connectivity index (χ0n) is 14.1. The Morgan fingerprint density at radius 2 is 1.96 bits per heavy atom. The first-order chi connectivity index (χ1) is 11.2. The van der Waals surface area contributed by atoms with Crippen LogP contribution in [0.5, 0.6) is 0 Å². The lowest BCUT2D eigenvalue weighted by Gasteiger charge is -2.12. The van der Waals surface area contributed by atoms with Crippen LogP contribution < -0.4 is 5.32 Å². The molecule has 0 aromatic carbocycles. The largest absolute Gasteiger partial charge is 0.448 e. The maximum absolute atomic E-state index is 12.2. The van der Waals surface area contributed by atoms with Crippen LogP contribution in [0.2, 0.25) is 0 Å². The van der Waals surface area contributed by atoms with Gasteiger partial charge in [0, 0.05) is 17.3 Å². The number of hydrogen-bond donors (Lipinski definition) is 2. The van der Waals surface area contributed by atoms with Gasteiger partial charge in [0.1, 0.15) is 11.5 Å². The van der Waals surface area contributed by atoms with Crippen molar-refractivity contribution in [3.8, 4) is 0 Å². The molecule has 0 saturated carbocycles. The number of amides is 1. The van der Waals surface area contributed by atoms with Crippen molar-refractivity contribution in [2.45, 2.75) is 40.7 Å². The van der Waals surface area contributed by atoms with E-state index in [9.17, 15) is 14.4 Å². The Bertz CT molecular complexity index is 803. The highest BCUT2D eigenvalue weighted by atomic mass is 16.5. The molecule has 0 saturated heterocycles. The highest BCUT2D eigenvalue weighted by Gasteiger charge is 2.25. The number of carbonyl (C=O) groups excluding carboxylic acids is 3. The van der Waals surface area contributed by atoms with Crippen LogP contribution >= 0.6 is 0 Å². The number of carbonyl (C=O) groups is 3. The quantitative estimate of drug-likeness (QED) is 0.641. The minimum Gasteiger partial charge on any atom is -0.448 e. The lowest BCUT2D eigenvalue weighted by Crippen LogP contribution is -2.30. The molecule has 1 atom stereocenters. The molecular weight excluding hydrogens is 314 g/mol. The van der Waals surface area contributed by atoms with Crippen LogP contribution in [0, 0.1) is 20.8 Å². The number of aryl methyl sites for hydroxylation is 2. The second-order valence-electron chi connectivity index (χ2n) is 5.54. The number of ether oxygens (including phenoxy) is 1. The van der Waals surface area contributed by atoms with Crippen molar-refractivity contribution >= 4 is 23.5 Å². The molecule has 0 radical (unpaired) electrons. The average molecular weight is 333 g/mol. The van der Waals surface area contributed by atoms with Crippen LogP contribution in [0.25, 0.3) is 0 Å². The van der Waals surface area contributed by atoms with Crippen LogP contribution in [0.4, 0.5) is 5.82 Å². The van der Waals surface area contributed by atoms with E-state index in [0.29, 0.717) is 22.6 Å². The van der Waals surface area contributed by atoms with Gasteiger partial charge in [0.15, 0.2) is 17.7 Å². The van der Waals surface area contributed by atoms with Crippen LogP contribution in [0.1, 0.15) is 51.7 Å². The molecule has 8 heteroatoms. The molecule has 24 heavy (non-hydrogen) atoms. The number of nitrogens with zero attached hydrogens (tertiary/aromatic N) is 1. The zero-order chi connectivity index (χ0) is 18.0. The molecule has 2 rings (SSSR count). The molecule has 0 bridgehead atoms. The van der Waals surface area contributed by atoms with Crippen molar-refractivity contribution in [3.63, 3.8) is 0 Å². The van der Waals surface area contributed by atoms with Gasteiger partial charge in [0.2, 0.25) is 0 Å². The summed E-state index contributed by atoms with van der Waals surface area (Å²) in [7, 11) is 0. The molecule has 128 valence electrons. The summed E-state index contributed by atoms with van der Waals surface area (Å²) in [6.07, 6.45) is -1.04. The topological polar surface area (TPSA) is 114 Å². The molecule has 0 aliphatic carbocycles. The summed E-state index contributed by atoms with van der Waals surface area (Å²) in [5.41, 5.74) is 1.71. The van der Waals surface area contributed by atoms with Gasteiger partial charge in [0.05, 0.1) is 0 Å². The van der Waals surface area contributed by atoms with E-state index in [-0.39, 0.29) is 17.3 Å². The minimum atomic E-state index is -1.04. The molecule has 0 spiro atoms. The molecule has 1 unspecified atom stereocenters. The summed E-state index contributed by atoms with van der Waals surface area (Å²) in [4.78, 5) is 38.7. The Labute approximate surface area is 138 Å². The maximum atomic E-state index is 12.2.